The molecule has 4 nitrogen and oxygen atoms in total. The third kappa shape index (κ3) is 3.94. The smallest absolute Gasteiger partial charge is 0.260 e. The number of carbonyl (C=O) groups is 1. The molecule has 8 heteroatoms. The van der Waals surface area contributed by atoms with Crippen LogP contribution in [0.3, 0.4) is 0 Å². The minimum absolute atomic E-state index is 0.0829. The lowest BCUT2D eigenvalue weighted by Crippen LogP contribution is -2.37. The van der Waals surface area contributed by atoms with Gasteiger partial charge >= 0.3 is 0 Å². The summed E-state index contributed by atoms with van der Waals surface area (Å²) < 4.78 is 20.5. The van der Waals surface area contributed by atoms with Crippen LogP contribution >= 0.6 is 34.5 Å². The van der Waals surface area contributed by atoms with Crippen LogP contribution in [0.1, 0.15) is 23.2 Å². The molecule has 2 aromatic carbocycles. The van der Waals surface area contributed by atoms with Gasteiger partial charge in [0.05, 0.1) is 17.3 Å². The number of rotatable bonds is 4. The van der Waals surface area contributed by atoms with Crippen LogP contribution in [-0.4, -0.2) is 30.1 Å². The van der Waals surface area contributed by atoms with E-state index in [1.54, 1.807) is 30.3 Å². The van der Waals surface area contributed by atoms with Crippen LogP contribution in [0.4, 0.5) is 9.52 Å². The molecule has 0 radical (unpaired) electrons. The fourth-order valence-corrected chi connectivity index (χ4v) is 4.61. The van der Waals surface area contributed by atoms with Crippen molar-refractivity contribution in [1.29, 1.82) is 0 Å². The minimum Gasteiger partial charge on any atom is -0.376 e. The topological polar surface area (TPSA) is 42.4 Å². The minimum atomic E-state index is -0.412. The number of benzene rings is 2. The summed E-state index contributed by atoms with van der Waals surface area (Å²) in [6.45, 7) is 1.01. The quantitative estimate of drug-likeness (QED) is 0.549. The standard InChI is InChI=1S/C19H15Cl2FN2O2S/c20-12-7-11(8-13(21)9-12)18(25)24(10-14-3-2-6-26-14)19-23-17-15(22)4-1-5-16(17)27-19/h1,4-5,7-9,14H,2-3,6,10H2. The van der Waals surface area contributed by atoms with E-state index in [0.29, 0.717) is 38.6 Å². The van der Waals surface area contributed by atoms with Crippen molar-refractivity contribution in [1.82, 2.24) is 4.98 Å². The Kier molecular flexibility index (Phi) is 5.32. The SMILES string of the molecule is O=C(c1cc(Cl)cc(Cl)c1)N(CC1CCCO1)c1nc2c(F)cccc2s1. The number of halogens is 3. The van der Waals surface area contributed by atoms with E-state index in [0.717, 1.165) is 12.8 Å². The third-order valence-corrected chi connectivity index (χ3v) is 5.83. The molecule has 3 aromatic rings. The van der Waals surface area contributed by atoms with Crippen molar-refractivity contribution in [2.45, 2.75) is 18.9 Å². The predicted molar refractivity (Wildman–Crippen MR) is 107 cm³/mol. The van der Waals surface area contributed by atoms with E-state index in [1.165, 1.54) is 22.3 Å². The highest BCUT2D eigenvalue weighted by Crippen LogP contribution is 2.32. The van der Waals surface area contributed by atoms with Gasteiger partial charge in [-0.05, 0) is 43.2 Å². The molecule has 1 atom stereocenters. The zero-order valence-corrected chi connectivity index (χ0v) is 16.5. The van der Waals surface area contributed by atoms with Crippen LogP contribution in [0, 0.1) is 5.82 Å². The first-order valence-corrected chi connectivity index (χ1v) is 10.0. The highest BCUT2D eigenvalue weighted by molar-refractivity contribution is 7.22. The summed E-state index contributed by atoms with van der Waals surface area (Å²) in [5.74, 6) is -0.709. The Morgan fingerprint density at radius 3 is 2.74 bits per heavy atom. The van der Waals surface area contributed by atoms with Crippen molar-refractivity contribution < 1.29 is 13.9 Å². The Morgan fingerprint density at radius 1 is 1.30 bits per heavy atom. The van der Waals surface area contributed by atoms with Gasteiger partial charge in [-0.2, -0.15) is 0 Å². The zero-order valence-electron chi connectivity index (χ0n) is 14.1. The molecule has 0 bridgehead atoms. The predicted octanol–water partition coefficient (Wildman–Crippen LogP) is 5.57. The summed E-state index contributed by atoms with van der Waals surface area (Å²) in [7, 11) is 0. The molecule has 1 unspecified atom stereocenters. The molecular weight excluding hydrogens is 410 g/mol. The maximum atomic E-state index is 14.1. The molecule has 140 valence electrons. The number of carbonyl (C=O) groups excluding carboxylic acids is 1. The summed E-state index contributed by atoms with van der Waals surface area (Å²) in [5, 5.41) is 1.17. The number of fused-ring (bicyclic) bond motifs is 1. The Bertz CT molecular complexity index is 984. The number of amides is 1. The van der Waals surface area contributed by atoms with E-state index in [2.05, 4.69) is 4.98 Å². The maximum absolute atomic E-state index is 14.1. The van der Waals surface area contributed by atoms with E-state index < -0.39 is 5.82 Å². The molecule has 27 heavy (non-hydrogen) atoms. The van der Waals surface area contributed by atoms with E-state index in [-0.39, 0.29) is 17.5 Å². The molecule has 1 fully saturated rings. The van der Waals surface area contributed by atoms with Gasteiger partial charge in [-0.1, -0.05) is 40.6 Å². The van der Waals surface area contributed by atoms with Crippen molar-refractivity contribution in [3.05, 3.63) is 57.8 Å². The van der Waals surface area contributed by atoms with Crippen molar-refractivity contribution in [3.63, 3.8) is 0 Å². The van der Waals surface area contributed by atoms with Crippen LogP contribution in [0.5, 0.6) is 0 Å². The second kappa shape index (κ2) is 7.72. The third-order valence-electron chi connectivity index (χ3n) is 4.35. The van der Waals surface area contributed by atoms with Crippen LogP contribution in [-0.2, 0) is 4.74 Å². The second-order valence-electron chi connectivity index (χ2n) is 6.29. The first-order chi connectivity index (χ1) is 13.0. The normalized spacial score (nSPS) is 16.8. The van der Waals surface area contributed by atoms with Crippen LogP contribution < -0.4 is 4.90 Å². The molecule has 1 aromatic heterocycles. The fourth-order valence-electron chi connectivity index (χ4n) is 3.09. The first-order valence-electron chi connectivity index (χ1n) is 8.46. The fraction of sp³-hybridized carbons (Fsp3) is 0.263. The molecule has 1 saturated heterocycles. The van der Waals surface area contributed by atoms with Crippen molar-refractivity contribution in [3.8, 4) is 0 Å². The average Bonchev–Trinajstić information content (AvgIpc) is 3.28. The zero-order chi connectivity index (χ0) is 19.0. The number of para-hydroxylation sites is 1. The molecule has 1 aliphatic heterocycles. The number of nitrogens with zero attached hydrogens (tertiary/aromatic N) is 2. The molecule has 0 saturated carbocycles. The highest BCUT2D eigenvalue weighted by Gasteiger charge is 2.27. The lowest BCUT2D eigenvalue weighted by atomic mass is 10.1. The second-order valence-corrected chi connectivity index (χ2v) is 8.17. The molecule has 0 aliphatic carbocycles. The average molecular weight is 425 g/mol. The number of aromatic nitrogens is 1. The first kappa shape index (κ1) is 18.6. The van der Waals surface area contributed by atoms with Gasteiger partial charge in [0, 0.05) is 22.2 Å². The Hall–Kier alpha value is -1.73. The van der Waals surface area contributed by atoms with E-state index >= 15 is 0 Å². The maximum Gasteiger partial charge on any atom is 0.260 e. The van der Waals surface area contributed by atoms with E-state index in [4.69, 9.17) is 27.9 Å². The van der Waals surface area contributed by atoms with Crippen molar-refractivity contribution in [2.75, 3.05) is 18.1 Å². The van der Waals surface area contributed by atoms with Gasteiger partial charge in [-0.25, -0.2) is 9.37 Å². The number of ether oxygens (including phenoxy) is 1. The monoisotopic (exact) mass is 424 g/mol. The van der Waals surface area contributed by atoms with Gasteiger partial charge in [-0.15, -0.1) is 0 Å². The number of thiazole rings is 1. The Morgan fingerprint density at radius 2 is 2.07 bits per heavy atom. The molecule has 4 rings (SSSR count). The van der Waals surface area contributed by atoms with E-state index in [9.17, 15) is 9.18 Å². The van der Waals surface area contributed by atoms with Gasteiger partial charge in [-0.3, -0.25) is 9.69 Å². The van der Waals surface area contributed by atoms with E-state index in [1.807, 2.05) is 0 Å². The summed E-state index contributed by atoms with van der Waals surface area (Å²) in [6, 6.07) is 9.46. The van der Waals surface area contributed by atoms with Gasteiger partial charge in [0.1, 0.15) is 11.3 Å². The molecule has 1 aliphatic rings. The van der Waals surface area contributed by atoms with Crippen LogP contribution in [0.2, 0.25) is 10.0 Å². The lowest BCUT2D eigenvalue weighted by molar-refractivity contribution is 0.0917. The Balaban J connectivity index is 1.75. The number of hydrogen-bond acceptors (Lipinski definition) is 4. The van der Waals surface area contributed by atoms with Gasteiger partial charge < -0.3 is 4.74 Å². The number of anilines is 1. The number of hydrogen-bond donors (Lipinski definition) is 0. The summed E-state index contributed by atoms with van der Waals surface area (Å²) in [6.07, 6.45) is 1.73. The molecule has 1 amide bonds. The highest BCUT2D eigenvalue weighted by atomic mass is 35.5. The van der Waals surface area contributed by atoms with Crippen molar-refractivity contribution in [2.24, 2.45) is 0 Å². The molecule has 2 heterocycles. The lowest BCUT2D eigenvalue weighted by Gasteiger charge is -2.23. The van der Waals surface area contributed by atoms with Crippen LogP contribution in [0.25, 0.3) is 10.2 Å². The summed E-state index contributed by atoms with van der Waals surface area (Å²) >= 11 is 13.4. The molecular formula is C19H15Cl2FN2O2S. The van der Waals surface area contributed by atoms with Crippen LogP contribution in [0.15, 0.2) is 36.4 Å². The molecule has 0 spiro atoms. The Labute approximate surface area is 169 Å². The largest absolute Gasteiger partial charge is 0.376 e. The van der Waals surface area contributed by atoms with Gasteiger partial charge in [0.2, 0.25) is 0 Å². The van der Waals surface area contributed by atoms with Crippen molar-refractivity contribution >= 4 is 55.8 Å². The summed E-state index contributed by atoms with van der Waals surface area (Å²) in [5.41, 5.74) is 0.608. The van der Waals surface area contributed by atoms with Gasteiger partial charge in [0.15, 0.2) is 5.13 Å². The summed E-state index contributed by atoms with van der Waals surface area (Å²) in [4.78, 5) is 19.1. The van der Waals surface area contributed by atoms with Gasteiger partial charge in [0.25, 0.3) is 5.91 Å². The molecule has 0 N–H and O–H groups in total.